The molecule has 1 aromatic carbocycles. The van der Waals surface area contributed by atoms with E-state index in [0.717, 1.165) is 18.8 Å². The molecule has 13 heavy (non-hydrogen) atoms. The van der Waals surface area contributed by atoms with Gasteiger partial charge in [-0.15, -0.1) is 0 Å². The monoisotopic (exact) mass is 175 g/mol. The van der Waals surface area contributed by atoms with Gasteiger partial charge in [-0.25, -0.2) is 0 Å². The van der Waals surface area contributed by atoms with Crippen molar-refractivity contribution in [3.8, 4) is 5.75 Å². The van der Waals surface area contributed by atoms with Crippen LogP contribution >= 0.6 is 0 Å². The lowest BCUT2D eigenvalue weighted by Crippen LogP contribution is -1.95. The zero-order valence-corrected chi connectivity index (χ0v) is 8.21. The third-order valence-electron chi connectivity index (χ3n) is 1.63. The second kappa shape index (κ2) is 5.41. The van der Waals surface area contributed by atoms with Crippen molar-refractivity contribution in [1.82, 2.24) is 0 Å². The van der Waals surface area contributed by atoms with Crippen molar-refractivity contribution < 1.29 is 4.74 Å². The third-order valence-corrected chi connectivity index (χ3v) is 1.63. The predicted molar refractivity (Wildman–Crippen MR) is 54.8 cm³/mol. The SMILES string of the molecule is CC(C)=CCCOc1cc[c]cc1. The molecule has 0 aliphatic carbocycles. The largest absolute Gasteiger partial charge is 0.493 e. The minimum absolute atomic E-state index is 0.745. The minimum Gasteiger partial charge on any atom is -0.493 e. The van der Waals surface area contributed by atoms with Gasteiger partial charge in [-0.1, -0.05) is 23.8 Å². The Balaban J connectivity index is 2.25. The molecule has 0 aliphatic rings. The highest BCUT2D eigenvalue weighted by Crippen LogP contribution is 2.08. The maximum absolute atomic E-state index is 5.49. The molecule has 0 saturated carbocycles. The van der Waals surface area contributed by atoms with Crippen LogP contribution in [0.5, 0.6) is 5.75 Å². The van der Waals surface area contributed by atoms with Gasteiger partial charge in [0, 0.05) is 0 Å². The number of hydrogen-bond acceptors (Lipinski definition) is 1. The summed E-state index contributed by atoms with van der Waals surface area (Å²) in [4.78, 5) is 0. The third kappa shape index (κ3) is 4.36. The smallest absolute Gasteiger partial charge is 0.119 e. The molecule has 0 spiro atoms. The first-order valence-electron chi connectivity index (χ1n) is 4.51. The average Bonchev–Trinajstić information content (AvgIpc) is 2.14. The van der Waals surface area contributed by atoms with Gasteiger partial charge in [0.1, 0.15) is 5.75 Å². The van der Waals surface area contributed by atoms with Crippen molar-refractivity contribution in [2.45, 2.75) is 20.3 Å². The molecular formula is C12H15O. The lowest BCUT2D eigenvalue weighted by molar-refractivity contribution is 0.324. The molecule has 69 valence electrons. The van der Waals surface area contributed by atoms with Gasteiger partial charge >= 0.3 is 0 Å². The molecule has 0 unspecified atom stereocenters. The predicted octanol–water partition coefficient (Wildman–Crippen LogP) is 3.22. The van der Waals surface area contributed by atoms with Crippen molar-refractivity contribution in [3.63, 3.8) is 0 Å². The summed E-state index contributed by atoms with van der Waals surface area (Å²) in [7, 11) is 0. The van der Waals surface area contributed by atoms with E-state index in [1.165, 1.54) is 5.57 Å². The van der Waals surface area contributed by atoms with Crippen LogP contribution in [0.25, 0.3) is 0 Å². The van der Waals surface area contributed by atoms with E-state index < -0.39 is 0 Å². The van der Waals surface area contributed by atoms with Crippen LogP contribution < -0.4 is 4.74 Å². The highest BCUT2D eigenvalue weighted by Gasteiger charge is 1.88. The Kier molecular flexibility index (Phi) is 4.10. The quantitative estimate of drug-likeness (QED) is 0.504. The van der Waals surface area contributed by atoms with Crippen molar-refractivity contribution >= 4 is 0 Å². The number of allylic oxidation sites excluding steroid dienone is 1. The van der Waals surface area contributed by atoms with Crippen molar-refractivity contribution in [2.24, 2.45) is 0 Å². The molecule has 0 N–H and O–H groups in total. The summed E-state index contributed by atoms with van der Waals surface area (Å²) in [6.07, 6.45) is 3.15. The van der Waals surface area contributed by atoms with Gasteiger partial charge in [-0.05, 0) is 38.5 Å². The van der Waals surface area contributed by atoms with Gasteiger partial charge in [-0.2, -0.15) is 0 Å². The number of rotatable bonds is 4. The molecular weight excluding hydrogens is 160 g/mol. The Morgan fingerprint density at radius 3 is 2.69 bits per heavy atom. The van der Waals surface area contributed by atoms with Crippen molar-refractivity contribution in [2.75, 3.05) is 6.61 Å². The summed E-state index contributed by atoms with van der Waals surface area (Å²) in [6, 6.07) is 10.5. The molecule has 0 amide bonds. The van der Waals surface area contributed by atoms with Gasteiger partial charge in [0.2, 0.25) is 0 Å². The normalized spacial score (nSPS) is 9.38. The summed E-state index contributed by atoms with van der Waals surface area (Å²) >= 11 is 0. The van der Waals surface area contributed by atoms with E-state index in [9.17, 15) is 0 Å². The lowest BCUT2D eigenvalue weighted by atomic mass is 10.3. The van der Waals surface area contributed by atoms with Crippen molar-refractivity contribution in [3.05, 3.63) is 42.0 Å². The van der Waals surface area contributed by atoms with E-state index in [4.69, 9.17) is 4.74 Å². The number of ether oxygens (including phenoxy) is 1. The topological polar surface area (TPSA) is 9.23 Å². The Bertz CT molecular complexity index is 258. The summed E-state index contributed by atoms with van der Waals surface area (Å²) in [5, 5.41) is 0. The van der Waals surface area contributed by atoms with Crippen LogP contribution in [0.1, 0.15) is 20.3 Å². The fourth-order valence-corrected chi connectivity index (χ4v) is 0.992. The first kappa shape index (κ1) is 9.85. The fraction of sp³-hybridized carbons (Fsp3) is 0.333. The van der Waals surface area contributed by atoms with Crippen LogP contribution in [0.2, 0.25) is 0 Å². The molecule has 0 fully saturated rings. The summed E-state index contributed by atoms with van der Waals surface area (Å²) in [5.74, 6) is 0.918. The van der Waals surface area contributed by atoms with Crippen molar-refractivity contribution in [1.29, 1.82) is 0 Å². The standard InChI is InChI=1S/C12H15O/c1-11(2)7-6-10-13-12-8-4-3-5-9-12/h4-5,7-9H,6,10H2,1-2H3. The average molecular weight is 175 g/mol. The van der Waals surface area contributed by atoms with Crippen LogP contribution in [0.3, 0.4) is 0 Å². The second-order valence-electron chi connectivity index (χ2n) is 3.15. The van der Waals surface area contributed by atoms with Gasteiger partial charge < -0.3 is 4.74 Å². The maximum Gasteiger partial charge on any atom is 0.119 e. The van der Waals surface area contributed by atoms with E-state index >= 15 is 0 Å². The first-order chi connectivity index (χ1) is 6.29. The molecule has 0 aliphatic heterocycles. The van der Waals surface area contributed by atoms with Crippen LogP contribution in [-0.4, -0.2) is 6.61 Å². The van der Waals surface area contributed by atoms with E-state index in [1.807, 2.05) is 24.3 Å². The van der Waals surface area contributed by atoms with Gasteiger partial charge in [0.25, 0.3) is 0 Å². The molecule has 1 nitrogen and oxygen atoms in total. The lowest BCUT2D eigenvalue weighted by Gasteiger charge is -2.03. The van der Waals surface area contributed by atoms with Gasteiger partial charge in [-0.3, -0.25) is 0 Å². The Morgan fingerprint density at radius 2 is 2.08 bits per heavy atom. The molecule has 0 saturated heterocycles. The molecule has 0 heterocycles. The van der Waals surface area contributed by atoms with Crippen LogP contribution in [-0.2, 0) is 0 Å². The molecule has 1 radical (unpaired) electrons. The summed E-state index contributed by atoms with van der Waals surface area (Å²) in [6.45, 7) is 4.93. The van der Waals surface area contributed by atoms with Crippen LogP contribution in [0.15, 0.2) is 35.9 Å². The van der Waals surface area contributed by atoms with Crippen LogP contribution in [0.4, 0.5) is 0 Å². The van der Waals surface area contributed by atoms with Crippen LogP contribution in [0, 0.1) is 6.07 Å². The molecule has 0 atom stereocenters. The Morgan fingerprint density at radius 1 is 1.38 bits per heavy atom. The number of hydrogen-bond donors (Lipinski definition) is 0. The minimum atomic E-state index is 0.745. The van der Waals surface area contributed by atoms with Gasteiger partial charge in [0.05, 0.1) is 6.61 Å². The van der Waals surface area contributed by atoms with E-state index in [-0.39, 0.29) is 0 Å². The zero-order valence-electron chi connectivity index (χ0n) is 8.21. The number of benzene rings is 1. The first-order valence-corrected chi connectivity index (χ1v) is 4.51. The van der Waals surface area contributed by atoms with E-state index in [1.54, 1.807) is 0 Å². The Labute approximate surface area is 80.0 Å². The molecule has 0 aromatic heterocycles. The highest BCUT2D eigenvalue weighted by atomic mass is 16.5. The maximum atomic E-state index is 5.49. The summed E-state index contributed by atoms with van der Waals surface area (Å²) < 4.78 is 5.49. The Hall–Kier alpha value is -1.24. The highest BCUT2D eigenvalue weighted by molar-refractivity contribution is 5.20. The fourth-order valence-electron chi connectivity index (χ4n) is 0.992. The van der Waals surface area contributed by atoms with Gasteiger partial charge in [0.15, 0.2) is 0 Å². The molecule has 1 rings (SSSR count). The van der Waals surface area contributed by atoms with E-state index in [0.29, 0.717) is 0 Å². The molecule has 0 bridgehead atoms. The molecule has 1 aromatic rings. The van der Waals surface area contributed by atoms with E-state index in [2.05, 4.69) is 26.0 Å². The summed E-state index contributed by atoms with van der Waals surface area (Å²) in [5.41, 5.74) is 1.34. The molecule has 1 heteroatoms. The zero-order chi connectivity index (χ0) is 9.52. The second-order valence-corrected chi connectivity index (χ2v) is 3.15.